The predicted octanol–water partition coefficient (Wildman–Crippen LogP) is 3.18. The summed E-state index contributed by atoms with van der Waals surface area (Å²) in [7, 11) is 4.01. The Morgan fingerprint density at radius 3 is 2.54 bits per heavy atom. The van der Waals surface area contributed by atoms with E-state index in [9.17, 15) is 4.79 Å². The van der Waals surface area contributed by atoms with E-state index in [1.165, 1.54) is 0 Å². The van der Waals surface area contributed by atoms with E-state index in [1.807, 2.05) is 32.3 Å². The van der Waals surface area contributed by atoms with Crippen molar-refractivity contribution in [2.24, 2.45) is 5.10 Å². The third-order valence-corrected chi connectivity index (χ3v) is 4.73. The van der Waals surface area contributed by atoms with Crippen molar-refractivity contribution in [2.75, 3.05) is 25.8 Å². The lowest BCUT2D eigenvalue weighted by atomic mass is 9.98. The van der Waals surface area contributed by atoms with Crippen molar-refractivity contribution >= 4 is 17.3 Å². The number of amides is 1. The maximum absolute atomic E-state index is 12.1. The fourth-order valence-electron chi connectivity index (χ4n) is 3.31. The highest BCUT2D eigenvalue weighted by Crippen LogP contribution is 2.37. The summed E-state index contributed by atoms with van der Waals surface area (Å²) >= 11 is 0. The van der Waals surface area contributed by atoms with Crippen LogP contribution >= 0.6 is 0 Å². The van der Waals surface area contributed by atoms with Gasteiger partial charge in [-0.1, -0.05) is 12.1 Å². The van der Waals surface area contributed by atoms with Gasteiger partial charge in [0.05, 0.1) is 11.8 Å². The Hall–Kier alpha value is -3.02. The molecule has 0 aliphatic carbocycles. The molecule has 0 fully saturated rings. The molecule has 0 bridgehead atoms. The molecular weight excluding hydrogens is 330 g/mol. The molecule has 0 saturated heterocycles. The van der Waals surface area contributed by atoms with E-state index in [4.69, 9.17) is 9.47 Å². The quantitative estimate of drug-likeness (QED) is 0.852. The molecule has 2 aromatic carbocycles. The standard InChI is InChI=1S/C20H21N3O3/c1-13(24)23-18(14-4-7-16(8-5-14)22(2)3)11-17(21-23)15-6-9-19-20(10-15)26-12-25-19/h4-10,18H,11-12H2,1-3H3/t18-/m1/s1. The molecule has 2 heterocycles. The molecule has 1 amide bonds. The van der Waals surface area contributed by atoms with Gasteiger partial charge in [0.2, 0.25) is 12.7 Å². The first-order valence-electron chi connectivity index (χ1n) is 8.57. The first-order chi connectivity index (χ1) is 12.5. The van der Waals surface area contributed by atoms with Crippen molar-refractivity contribution in [3.05, 3.63) is 53.6 Å². The molecule has 6 nitrogen and oxygen atoms in total. The molecule has 26 heavy (non-hydrogen) atoms. The third kappa shape index (κ3) is 2.87. The van der Waals surface area contributed by atoms with E-state index in [1.54, 1.807) is 11.9 Å². The summed E-state index contributed by atoms with van der Waals surface area (Å²) in [5, 5.41) is 6.17. The van der Waals surface area contributed by atoms with Crippen LogP contribution in [0.1, 0.15) is 30.5 Å². The average molecular weight is 351 g/mol. The number of carbonyl (C=O) groups excluding carboxylic acids is 1. The SMILES string of the molecule is CC(=O)N1N=C(c2ccc3c(c2)OCO3)C[C@@H]1c1ccc(N(C)C)cc1. The fraction of sp³-hybridized carbons (Fsp3) is 0.300. The van der Waals surface area contributed by atoms with Crippen LogP contribution in [-0.4, -0.2) is 37.5 Å². The molecule has 1 atom stereocenters. The lowest BCUT2D eigenvalue weighted by Crippen LogP contribution is -2.24. The second-order valence-corrected chi connectivity index (χ2v) is 6.68. The number of carbonyl (C=O) groups is 1. The van der Waals surface area contributed by atoms with Crippen LogP contribution in [0.2, 0.25) is 0 Å². The highest BCUT2D eigenvalue weighted by Gasteiger charge is 2.32. The van der Waals surface area contributed by atoms with Gasteiger partial charge in [0.25, 0.3) is 0 Å². The Kier molecular flexibility index (Phi) is 4.03. The van der Waals surface area contributed by atoms with Gasteiger partial charge in [-0.15, -0.1) is 0 Å². The number of benzene rings is 2. The Labute approximate surface area is 152 Å². The van der Waals surface area contributed by atoms with Crippen molar-refractivity contribution in [2.45, 2.75) is 19.4 Å². The minimum Gasteiger partial charge on any atom is -0.454 e. The van der Waals surface area contributed by atoms with Gasteiger partial charge in [-0.05, 0) is 35.9 Å². The minimum absolute atomic E-state index is 0.0672. The highest BCUT2D eigenvalue weighted by atomic mass is 16.7. The number of nitrogens with zero attached hydrogens (tertiary/aromatic N) is 3. The monoisotopic (exact) mass is 351 g/mol. The largest absolute Gasteiger partial charge is 0.454 e. The second-order valence-electron chi connectivity index (χ2n) is 6.68. The Bertz CT molecular complexity index is 874. The van der Waals surface area contributed by atoms with Crippen LogP contribution in [0.15, 0.2) is 47.6 Å². The maximum atomic E-state index is 12.1. The molecule has 2 aliphatic rings. The van der Waals surface area contributed by atoms with E-state index in [2.05, 4.69) is 34.3 Å². The maximum Gasteiger partial charge on any atom is 0.240 e. The van der Waals surface area contributed by atoms with Gasteiger partial charge >= 0.3 is 0 Å². The normalized spacial score (nSPS) is 18.0. The Balaban J connectivity index is 1.63. The first-order valence-corrected chi connectivity index (χ1v) is 8.57. The number of hydrazone groups is 1. The zero-order valence-electron chi connectivity index (χ0n) is 15.1. The number of hydrogen-bond donors (Lipinski definition) is 0. The molecule has 0 unspecified atom stereocenters. The molecular formula is C20H21N3O3. The van der Waals surface area contributed by atoms with Gasteiger partial charge < -0.3 is 14.4 Å². The molecule has 6 heteroatoms. The zero-order valence-corrected chi connectivity index (χ0v) is 15.1. The topological polar surface area (TPSA) is 54.4 Å². The van der Waals surface area contributed by atoms with Crippen molar-refractivity contribution < 1.29 is 14.3 Å². The van der Waals surface area contributed by atoms with Crippen LogP contribution in [0.4, 0.5) is 5.69 Å². The summed E-state index contributed by atoms with van der Waals surface area (Å²) in [5.74, 6) is 1.40. The summed E-state index contributed by atoms with van der Waals surface area (Å²) in [6, 6.07) is 13.9. The Morgan fingerprint density at radius 2 is 1.85 bits per heavy atom. The fourth-order valence-corrected chi connectivity index (χ4v) is 3.31. The van der Waals surface area contributed by atoms with Gasteiger partial charge in [0, 0.05) is 38.7 Å². The smallest absolute Gasteiger partial charge is 0.240 e. The average Bonchev–Trinajstić information content (AvgIpc) is 3.28. The molecule has 0 N–H and O–H groups in total. The first kappa shape index (κ1) is 16.4. The van der Waals surface area contributed by atoms with Gasteiger partial charge in [-0.2, -0.15) is 5.10 Å². The van der Waals surface area contributed by atoms with E-state index in [-0.39, 0.29) is 18.7 Å². The number of hydrogen-bond acceptors (Lipinski definition) is 5. The summed E-state index contributed by atoms with van der Waals surface area (Å²) in [5.41, 5.74) is 4.02. The molecule has 0 aromatic heterocycles. The van der Waals surface area contributed by atoms with Crippen LogP contribution in [0.3, 0.4) is 0 Å². The highest BCUT2D eigenvalue weighted by molar-refractivity contribution is 6.03. The molecule has 2 aromatic rings. The van der Waals surface area contributed by atoms with Gasteiger partial charge in [0.15, 0.2) is 11.5 Å². The van der Waals surface area contributed by atoms with Gasteiger partial charge in [-0.25, -0.2) is 5.01 Å². The van der Waals surface area contributed by atoms with Crippen molar-refractivity contribution in [3.63, 3.8) is 0 Å². The number of anilines is 1. The summed E-state index contributed by atoms with van der Waals surface area (Å²) < 4.78 is 10.8. The van der Waals surface area contributed by atoms with E-state index < -0.39 is 0 Å². The van der Waals surface area contributed by atoms with Gasteiger partial charge in [-0.3, -0.25) is 4.79 Å². The number of ether oxygens (including phenoxy) is 2. The molecule has 134 valence electrons. The predicted molar refractivity (Wildman–Crippen MR) is 99.7 cm³/mol. The third-order valence-electron chi connectivity index (χ3n) is 4.73. The molecule has 0 radical (unpaired) electrons. The summed E-state index contributed by atoms with van der Waals surface area (Å²) in [4.78, 5) is 14.2. The lowest BCUT2D eigenvalue weighted by Gasteiger charge is -2.21. The van der Waals surface area contributed by atoms with E-state index in [0.717, 1.165) is 34.0 Å². The van der Waals surface area contributed by atoms with E-state index >= 15 is 0 Å². The molecule has 0 saturated carbocycles. The van der Waals surface area contributed by atoms with E-state index in [0.29, 0.717) is 6.42 Å². The van der Waals surface area contributed by atoms with Crippen LogP contribution in [0.25, 0.3) is 0 Å². The van der Waals surface area contributed by atoms with Gasteiger partial charge in [0.1, 0.15) is 0 Å². The van der Waals surface area contributed by atoms with Crippen molar-refractivity contribution in [1.82, 2.24) is 5.01 Å². The minimum atomic E-state index is -0.0934. The van der Waals surface area contributed by atoms with Crippen LogP contribution in [0.5, 0.6) is 11.5 Å². The molecule has 2 aliphatic heterocycles. The number of rotatable bonds is 3. The molecule has 0 spiro atoms. The molecule has 4 rings (SSSR count). The second kappa shape index (κ2) is 6.37. The zero-order chi connectivity index (χ0) is 18.3. The van der Waals surface area contributed by atoms with Crippen molar-refractivity contribution in [1.29, 1.82) is 0 Å². The summed E-state index contributed by atoms with van der Waals surface area (Å²) in [6.07, 6.45) is 0.667. The van der Waals surface area contributed by atoms with Crippen LogP contribution in [0, 0.1) is 0 Å². The summed E-state index contributed by atoms with van der Waals surface area (Å²) in [6.45, 7) is 1.79. The van der Waals surface area contributed by atoms with Crippen molar-refractivity contribution in [3.8, 4) is 11.5 Å². The number of fused-ring (bicyclic) bond motifs is 1. The van der Waals surface area contributed by atoms with Crippen LogP contribution < -0.4 is 14.4 Å². The lowest BCUT2D eigenvalue weighted by molar-refractivity contribution is -0.130. The Morgan fingerprint density at radius 1 is 1.12 bits per heavy atom. The van der Waals surface area contributed by atoms with Crippen LogP contribution in [-0.2, 0) is 4.79 Å².